The Bertz CT molecular complexity index is 652. The fraction of sp³-hybridized carbons (Fsp3) is 0.400. The molecule has 2 aromatic rings. The Morgan fingerprint density at radius 1 is 1.13 bits per heavy atom. The number of ether oxygens (including phenoxy) is 1. The highest BCUT2D eigenvalue weighted by atomic mass is 16.5. The molecule has 23 heavy (non-hydrogen) atoms. The molecule has 122 valence electrons. The molecule has 0 saturated carbocycles. The first-order chi connectivity index (χ1) is 11.1. The molecule has 1 aliphatic heterocycles. The van der Waals surface area contributed by atoms with E-state index < -0.39 is 0 Å². The molecule has 1 heterocycles. The predicted octanol–water partition coefficient (Wildman–Crippen LogP) is 4.03. The molecule has 0 amide bonds. The minimum atomic E-state index is 0.526. The van der Waals surface area contributed by atoms with Crippen molar-refractivity contribution in [2.45, 2.75) is 25.9 Å². The van der Waals surface area contributed by atoms with Crippen molar-refractivity contribution in [3.63, 3.8) is 0 Å². The number of benzene rings is 2. The standard InChI is InChI=1S/C20H26N2O/c1-15-9-10-18(23-14-16-7-5-4-6-8-16)19-17(11-12-22(2)3)13-21-20(15)19/h4-10,17,21H,11-14H2,1-3H3. The van der Waals surface area contributed by atoms with Crippen molar-refractivity contribution in [3.8, 4) is 5.75 Å². The summed E-state index contributed by atoms with van der Waals surface area (Å²) in [6.45, 7) is 4.89. The summed E-state index contributed by atoms with van der Waals surface area (Å²) in [5.41, 5.74) is 5.15. The largest absolute Gasteiger partial charge is 0.489 e. The third-order valence-corrected chi connectivity index (χ3v) is 4.51. The number of rotatable bonds is 6. The lowest BCUT2D eigenvalue weighted by Crippen LogP contribution is -2.17. The van der Waals surface area contributed by atoms with Crippen molar-refractivity contribution in [3.05, 3.63) is 59.2 Å². The number of aryl methyl sites for hydroxylation is 1. The van der Waals surface area contributed by atoms with E-state index in [2.05, 4.69) is 67.6 Å². The van der Waals surface area contributed by atoms with E-state index in [0.717, 1.165) is 25.3 Å². The lowest BCUT2D eigenvalue weighted by Gasteiger charge is -2.18. The molecule has 1 unspecified atom stereocenters. The Morgan fingerprint density at radius 3 is 2.65 bits per heavy atom. The van der Waals surface area contributed by atoms with Crippen molar-refractivity contribution in [1.29, 1.82) is 0 Å². The third-order valence-electron chi connectivity index (χ3n) is 4.51. The zero-order chi connectivity index (χ0) is 16.2. The summed E-state index contributed by atoms with van der Waals surface area (Å²) in [6, 6.07) is 14.6. The second-order valence-corrected chi connectivity index (χ2v) is 6.61. The first-order valence-corrected chi connectivity index (χ1v) is 8.34. The van der Waals surface area contributed by atoms with Crippen molar-refractivity contribution in [2.75, 3.05) is 32.5 Å². The molecule has 0 fully saturated rings. The first kappa shape index (κ1) is 15.9. The van der Waals surface area contributed by atoms with E-state index in [9.17, 15) is 0 Å². The molecular weight excluding hydrogens is 284 g/mol. The summed E-state index contributed by atoms with van der Waals surface area (Å²) >= 11 is 0. The van der Waals surface area contributed by atoms with Crippen LogP contribution in [0.25, 0.3) is 0 Å². The second kappa shape index (κ2) is 7.05. The summed E-state index contributed by atoms with van der Waals surface area (Å²) in [5, 5.41) is 3.58. The average Bonchev–Trinajstić information content (AvgIpc) is 2.98. The van der Waals surface area contributed by atoms with Crippen LogP contribution in [0, 0.1) is 6.92 Å². The molecule has 3 heteroatoms. The van der Waals surface area contributed by atoms with Crippen LogP contribution in [0.4, 0.5) is 5.69 Å². The van der Waals surface area contributed by atoms with Crippen LogP contribution in [0.2, 0.25) is 0 Å². The zero-order valence-corrected chi connectivity index (χ0v) is 14.3. The summed E-state index contributed by atoms with van der Waals surface area (Å²) in [7, 11) is 4.26. The molecule has 0 bridgehead atoms. The van der Waals surface area contributed by atoms with Crippen molar-refractivity contribution < 1.29 is 4.74 Å². The summed E-state index contributed by atoms with van der Waals surface area (Å²) < 4.78 is 6.17. The van der Waals surface area contributed by atoms with Gasteiger partial charge in [-0.1, -0.05) is 36.4 Å². The van der Waals surface area contributed by atoms with E-state index >= 15 is 0 Å². The minimum absolute atomic E-state index is 0.526. The molecular formula is C20H26N2O. The van der Waals surface area contributed by atoms with Crippen LogP contribution in [0.3, 0.4) is 0 Å². The summed E-state index contributed by atoms with van der Waals surface area (Å²) in [6.07, 6.45) is 1.15. The highest BCUT2D eigenvalue weighted by Gasteiger charge is 2.27. The Labute approximate surface area is 139 Å². The van der Waals surface area contributed by atoms with Crippen LogP contribution in [0.5, 0.6) is 5.75 Å². The van der Waals surface area contributed by atoms with Gasteiger partial charge in [0.2, 0.25) is 0 Å². The lowest BCUT2D eigenvalue weighted by atomic mass is 9.95. The van der Waals surface area contributed by atoms with E-state index in [1.807, 2.05) is 6.07 Å². The Hall–Kier alpha value is -2.00. The summed E-state index contributed by atoms with van der Waals surface area (Å²) in [5.74, 6) is 1.56. The fourth-order valence-corrected chi connectivity index (χ4v) is 3.20. The maximum absolute atomic E-state index is 6.17. The third kappa shape index (κ3) is 3.67. The van der Waals surface area contributed by atoms with Crippen LogP contribution in [-0.4, -0.2) is 32.1 Å². The van der Waals surface area contributed by atoms with E-state index in [4.69, 9.17) is 4.74 Å². The van der Waals surface area contributed by atoms with Crippen LogP contribution < -0.4 is 10.1 Å². The maximum Gasteiger partial charge on any atom is 0.125 e. The van der Waals surface area contributed by atoms with E-state index in [-0.39, 0.29) is 0 Å². The topological polar surface area (TPSA) is 24.5 Å². The molecule has 3 rings (SSSR count). The average molecular weight is 310 g/mol. The number of anilines is 1. The van der Waals surface area contributed by atoms with Gasteiger partial charge < -0.3 is 15.0 Å². The summed E-state index contributed by atoms with van der Waals surface area (Å²) in [4.78, 5) is 2.25. The molecule has 0 saturated heterocycles. The lowest BCUT2D eigenvalue weighted by molar-refractivity contribution is 0.300. The number of fused-ring (bicyclic) bond motifs is 1. The predicted molar refractivity (Wildman–Crippen MR) is 96.4 cm³/mol. The van der Waals surface area contributed by atoms with Crippen LogP contribution in [0.15, 0.2) is 42.5 Å². The van der Waals surface area contributed by atoms with Gasteiger partial charge in [-0.15, -0.1) is 0 Å². The number of hydrogen-bond acceptors (Lipinski definition) is 3. The SMILES string of the molecule is Cc1ccc(OCc2ccccc2)c2c1NCC2CCN(C)C. The van der Waals surface area contributed by atoms with Crippen LogP contribution >= 0.6 is 0 Å². The highest BCUT2D eigenvalue weighted by molar-refractivity contribution is 5.67. The zero-order valence-electron chi connectivity index (χ0n) is 14.3. The normalized spacial score (nSPS) is 16.3. The first-order valence-electron chi connectivity index (χ1n) is 8.34. The molecule has 2 aromatic carbocycles. The maximum atomic E-state index is 6.17. The molecule has 1 atom stereocenters. The van der Waals surface area contributed by atoms with E-state index in [0.29, 0.717) is 12.5 Å². The molecule has 3 nitrogen and oxygen atoms in total. The number of hydrogen-bond donors (Lipinski definition) is 1. The molecule has 1 aliphatic rings. The molecule has 0 spiro atoms. The Kier molecular flexibility index (Phi) is 4.87. The van der Waals surface area contributed by atoms with Gasteiger partial charge in [-0.3, -0.25) is 0 Å². The van der Waals surface area contributed by atoms with Crippen molar-refractivity contribution in [2.24, 2.45) is 0 Å². The van der Waals surface area contributed by atoms with E-state index in [1.54, 1.807) is 0 Å². The van der Waals surface area contributed by atoms with Crippen molar-refractivity contribution >= 4 is 5.69 Å². The monoisotopic (exact) mass is 310 g/mol. The minimum Gasteiger partial charge on any atom is -0.489 e. The van der Waals surface area contributed by atoms with Gasteiger partial charge in [0.15, 0.2) is 0 Å². The molecule has 0 aliphatic carbocycles. The second-order valence-electron chi connectivity index (χ2n) is 6.61. The van der Waals surface area contributed by atoms with E-state index in [1.165, 1.54) is 22.4 Å². The molecule has 0 aromatic heterocycles. The Balaban J connectivity index is 1.79. The van der Waals surface area contributed by atoms with Gasteiger partial charge in [0.05, 0.1) is 0 Å². The smallest absolute Gasteiger partial charge is 0.125 e. The highest BCUT2D eigenvalue weighted by Crippen LogP contribution is 2.42. The van der Waals surface area contributed by atoms with Crippen LogP contribution in [0.1, 0.15) is 29.0 Å². The van der Waals surface area contributed by atoms with Gasteiger partial charge in [0.1, 0.15) is 12.4 Å². The quantitative estimate of drug-likeness (QED) is 0.871. The van der Waals surface area contributed by atoms with Gasteiger partial charge in [-0.2, -0.15) is 0 Å². The fourth-order valence-electron chi connectivity index (χ4n) is 3.20. The van der Waals surface area contributed by atoms with Gasteiger partial charge in [0, 0.05) is 23.7 Å². The Morgan fingerprint density at radius 2 is 1.91 bits per heavy atom. The number of nitrogens with zero attached hydrogens (tertiary/aromatic N) is 1. The molecule has 1 N–H and O–H groups in total. The van der Waals surface area contributed by atoms with Gasteiger partial charge in [0.25, 0.3) is 0 Å². The molecule has 0 radical (unpaired) electrons. The van der Waals surface area contributed by atoms with Gasteiger partial charge >= 0.3 is 0 Å². The van der Waals surface area contributed by atoms with Crippen LogP contribution in [-0.2, 0) is 6.61 Å². The van der Waals surface area contributed by atoms with Gasteiger partial charge in [-0.25, -0.2) is 0 Å². The number of nitrogens with one attached hydrogen (secondary N) is 1. The van der Waals surface area contributed by atoms with Gasteiger partial charge in [-0.05, 0) is 51.2 Å². The van der Waals surface area contributed by atoms with Crippen molar-refractivity contribution in [1.82, 2.24) is 4.90 Å².